The second kappa shape index (κ2) is 8.36. The summed E-state index contributed by atoms with van der Waals surface area (Å²) in [6.07, 6.45) is 5.43. The van der Waals surface area contributed by atoms with Crippen LogP contribution in [0.25, 0.3) is 0 Å². The average molecular weight is 320 g/mol. The molecule has 0 aliphatic carbocycles. The summed E-state index contributed by atoms with van der Waals surface area (Å²) in [4.78, 5) is 6.82. The van der Waals surface area contributed by atoms with Gasteiger partial charge in [-0.25, -0.2) is 0 Å². The summed E-state index contributed by atoms with van der Waals surface area (Å²) < 4.78 is 11.1. The van der Waals surface area contributed by atoms with E-state index in [4.69, 9.17) is 9.15 Å². The number of likely N-dealkylation sites (tertiary alicyclic amines) is 1. The zero-order valence-electron chi connectivity index (χ0n) is 14.0. The van der Waals surface area contributed by atoms with Crippen molar-refractivity contribution in [2.45, 2.75) is 25.3 Å². The third-order valence-corrected chi connectivity index (χ3v) is 4.72. The molecule has 2 unspecified atom stereocenters. The Morgan fingerprint density at radius 3 is 2.91 bits per heavy atom. The van der Waals surface area contributed by atoms with E-state index in [1.165, 1.54) is 12.8 Å². The van der Waals surface area contributed by atoms with Crippen molar-refractivity contribution >= 4 is 5.96 Å². The molecular formula is C17H28N4O2. The molecule has 1 aromatic rings. The van der Waals surface area contributed by atoms with Gasteiger partial charge in [0, 0.05) is 32.7 Å². The van der Waals surface area contributed by atoms with Crippen molar-refractivity contribution in [2.24, 2.45) is 10.9 Å². The summed E-state index contributed by atoms with van der Waals surface area (Å²) in [5.41, 5.74) is 0. The number of nitrogens with zero attached hydrogens (tertiary/aromatic N) is 2. The molecular weight excluding hydrogens is 292 g/mol. The SMILES string of the molecule is CN=C(NCC1CCOC1)NCC(c1ccco1)N1CCCC1. The van der Waals surface area contributed by atoms with E-state index in [9.17, 15) is 0 Å². The molecule has 0 bridgehead atoms. The minimum Gasteiger partial charge on any atom is -0.468 e. The summed E-state index contributed by atoms with van der Waals surface area (Å²) in [7, 11) is 1.82. The lowest BCUT2D eigenvalue weighted by atomic mass is 10.1. The van der Waals surface area contributed by atoms with Gasteiger partial charge in [-0.2, -0.15) is 0 Å². The van der Waals surface area contributed by atoms with Gasteiger partial charge in [0.25, 0.3) is 0 Å². The molecule has 128 valence electrons. The first-order chi connectivity index (χ1) is 11.4. The van der Waals surface area contributed by atoms with Gasteiger partial charge >= 0.3 is 0 Å². The van der Waals surface area contributed by atoms with Crippen LogP contribution in [0.3, 0.4) is 0 Å². The van der Waals surface area contributed by atoms with Crippen molar-refractivity contribution < 1.29 is 9.15 Å². The van der Waals surface area contributed by atoms with Gasteiger partial charge < -0.3 is 19.8 Å². The molecule has 3 heterocycles. The molecule has 23 heavy (non-hydrogen) atoms. The Kier molecular flexibility index (Phi) is 5.93. The van der Waals surface area contributed by atoms with E-state index in [1.54, 1.807) is 6.26 Å². The van der Waals surface area contributed by atoms with E-state index in [0.29, 0.717) is 5.92 Å². The standard InChI is InChI=1S/C17H28N4O2/c1-18-17(19-11-14-6-10-22-13-14)20-12-15(16-5-4-9-23-16)21-7-2-3-8-21/h4-5,9,14-15H,2-3,6-8,10-13H2,1H3,(H2,18,19,20). The minimum atomic E-state index is 0.265. The van der Waals surface area contributed by atoms with Crippen LogP contribution in [0.1, 0.15) is 31.1 Å². The van der Waals surface area contributed by atoms with Crippen LogP contribution in [0.15, 0.2) is 27.8 Å². The van der Waals surface area contributed by atoms with E-state index in [-0.39, 0.29) is 6.04 Å². The maximum atomic E-state index is 5.66. The second-order valence-corrected chi connectivity index (χ2v) is 6.34. The summed E-state index contributed by atoms with van der Waals surface area (Å²) in [6, 6.07) is 4.29. The minimum absolute atomic E-state index is 0.265. The van der Waals surface area contributed by atoms with Gasteiger partial charge in [0.15, 0.2) is 5.96 Å². The number of nitrogens with one attached hydrogen (secondary N) is 2. The second-order valence-electron chi connectivity index (χ2n) is 6.34. The lowest BCUT2D eigenvalue weighted by Crippen LogP contribution is -2.44. The molecule has 0 amide bonds. The number of rotatable bonds is 6. The van der Waals surface area contributed by atoms with Crippen LogP contribution in [0, 0.1) is 5.92 Å². The molecule has 2 fully saturated rings. The fraction of sp³-hybridized carbons (Fsp3) is 0.706. The van der Waals surface area contributed by atoms with Gasteiger partial charge in [0.2, 0.25) is 0 Å². The van der Waals surface area contributed by atoms with Crippen LogP contribution < -0.4 is 10.6 Å². The highest BCUT2D eigenvalue weighted by Gasteiger charge is 2.25. The maximum absolute atomic E-state index is 5.66. The monoisotopic (exact) mass is 320 g/mol. The summed E-state index contributed by atoms with van der Waals surface area (Å²) in [5, 5.41) is 6.87. The fourth-order valence-electron chi connectivity index (χ4n) is 3.34. The number of guanidine groups is 1. The van der Waals surface area contributed by atoms with Crippen molar-refractivity contribution in [3.05, 3.63) is 24.2 Å². The normalized spacial score (nSPS) is 24.0. The lowest BCUT2D eigenvalue weighted by Gasteiger charge is -2.27. The van der Waals surface area contributed by atoms with Gasteiger partial charge in [-0.05, 0) is 44.5 Å². The van der Waals surface area contributed by atoms with Crippen LogP contribution in [-0.2, 0) is 4.74 Å². The van der Waals surface area contributed by atoms with Gasteiger partial charge in [0.05, 0.1) is 18.9 Å². The van der Waals surface area contributed by atoms with E-state index >= 15 is 0 Å². The third-order valence-electron chi connectivity index (χ3n) is 4.72. The molecule has 6 heteroatoms. The summed E-state index contributed by atoms with van der Waals surface area (Å²) >= 11 is 0. The Hall–Kier alpha value is -1.53. The number of ether oxygens (including phenoxy) is 1. The largest absolute Gasteiger partial charge is 0.468 e. The van der Waals surface area contributed by atoms with Gasteiger partial charge in [-0.1, -0.05) is 0 Å². The molecule has 2 saturated heterocycles. The average Bonchev–Trinajstić information content (AvgIpc) is 3.34. The van der Waals surface area contributed by atoms with Crippen LogP contribution in [0.2, 0.25) is 0 Å². The molecule has 2 aliphatic rings. The number of aliphatic imine (C=N–C) groups is 1. The number of furan rings is 1. The van der Waals surface area contributed by atoms with Crippen molar-refractivity contribution in [1.82, 2.24) is 15.5 Å². The maximum Gasteiger partial charge on any atom is 0.191 e. The molecule has 3 rings (SSSR count). The molecule has 6 nitrogen and oxygen atoms in total. The number of hydrogen-bond donors (Lipinski definition) is 2. The first-order valence-corrected chi connectivity index (χ1v) is 8.66. The zero-order chi connectivity index (χ0) is 15.9. The molecule has 0 radical (unpaired) electrons. The number of hydrogen-bond acceptors (Lipinski definition) is 4. The van der Waals surface area contributed by atoms with Crippen molar-refractivity contribution in [3.63, 3.8) is 0 Å². The highest BCUT2D eigenvalue weighted by Crippen LogP contribution is 2.24. The highest BCUT2D eigenvalue weighted by molar-refractivity contribution is 5.79. The third kappa shape index (κ3) is 4.48. The first kappa shape index (κ1) is 16.3. The van der Waals surface area contributed by atoms with Crippen LogP contribution in [0.5, 0.6) is 0 Å². The highest BCUT2D eigenvalue weighted by atomic mass is 16.5. The fourth-order valence-corrected chi connectivity index (χ4v) is 3.34. The Morgan fingerprint density at radius 2 is 2.26 bits per heavy atom. The van der Waals surface area contributed by atoms with Crippen molar-refractivity contribution in [3.8, 4) is 0 Å². The Labute approximate surface area is 138 Å². The molecule has 2 atom stereocenters. The van der Waals surface area contributed by atoms with Gasteiger partial charge in [-0.3, -0.25) is 9.89 Å². The quantitative estimate of drug-likeness (QED) is 0.616. The van der Waals surface area contributed by atoms with Crippen molar-refractivity contribution in [2.75, 3.05) is 46.4 Å². The van der Waals surface area contributed by atoms with Crippen LogP contribution in [0.4, 0.5) is 0 Å². The Bertz CT molecular complexity index is 477. The Morgan fingerprint density at radius 1 is 1.39 bits per heavy atom. The molecule has 0 spiro atoms. The molecule has 2 N–H and O–H groups in total. The van der Waals surface area contributed by atoms with Gasteiger partial charge in [-0.15, -0.1) is 0 Å². The topological polar surface area (TPSA) is 62.0 Å². The lowest BCUT2D eigenvalue weighted by molar-refractivity contribution is 0.186. The molecule has 1 aromatic heterocycles. The van der Waals surface area contributed by atoms with Crippen molar-refractivity contribution in [1.29, 1.82) is 0 Å². The molecule has 2 aliphatic heterocycles. The van der Waals surface area contributed by atoms with E-state index < -0.39 is 0 Å². The van der Waals surface area contributed by atoms with E-state index in [2.05, 4.69) is 26.6 Å². The zero-order valence-corrected chi connectivity index (χ0v) is 14.0. The first-order valence-electron chi connectivity index (χ1n) is 8.66. The van der Waals surface area contributed by atoms with Crippen LogP contribution in [-0.4, -0.2) is 57.3 Å². The van der Waals surface area contributed by atoms with E-state index in [1.807, 2.05) is 13.1 Å². The predicted molar refractivity (Wildman–Crippen MR) is 90.5 cm³/mol. The predicted octanol–water partition coefficient (Wildman–Crippen LogP) is 1.62. The van der Waals surface area contributed by atoms with E-state index in [0.717, 1.165) is 57.5 Å². The summed E-state index contributed by atoms with van der Waals surface area (Å²) in [6.45, 7) is 5.72. The van der Waals surface area contributed by atoms with Crippen LogP contribution >= 0.6 is 0 Å². The Balaban J connectivity index is 1.52. The van der Waals surface area contributed by atoms with Gasteiger partial charge in [0.1, 0.15) is 5.76 Å². The summed E-state index contributed by atoms with van der Waals surface area (Å²) in [5.74, 6) is 2.47. The molecule has 0 saturated carbocycles. The molecule has 0 aromatic carbocycles. The smallest absolute Gasteiger partial charge is 0.191 e.